The predicted octanol–water partition coefficient (Wildman–Crippen LogP) is 5.94. The van der Waals surface area contributed by atoms with Crippen LogP contribution in [0.3, 0.4) is 0 Å². The van der Waals surface area contributed by atoms with Crippen LogP contribution in [0.1, 0.15) is 54.4 Å². The van der Waals surface area contributed by atoms with E-state index in [9.17, 15) is 18.0 Å². The van der Waals surface area contributed by atoms with Crippen LogP contribution in [0.5, 0.6) is 11.5 Å². The van der Waals surface area contributed by atoms with Crippen molar-refractivity contribution in [1.82, 2.24) is 0 Å². The molecular weight excluding hydrogens is 357 g/mol. The van der Waals surface area contributed by atoms with E-state index < -0.39 is 24.1 Å². The molecule has 0 heterocycles. The Labute approximate surface area is 156 Å². The number of rotatable bonds is 5. The highest BCUT2D eigenvalue weighted by molar-refractivity contribution is 5.91. The summed E-state index contributed by atoms with van der Waals surface area (Å²) in [6.07, 6.45) is 4.73. The van der Waals surface area contributed by atoms with Gasteiger partial charge >= 0.3 is 12.6 Å². The summed E-state index contributed by atoms with van der Waals surface area (Å²) in [5.41, 5.74) is 1.55. The van der Waals surface area contributed by atoms with Gasteiger partial charge < -0.3 is 9.47 Å². The van der Waals surface area contributed by atoms with E-state index >= 15 is 0 Å². The first-order valence-electron chi connectivity index (χ1n) is 8.99. The van der Waals surface area contributed by atoms with Crippen LogP contribution in [0, 0.1) is 11.7 Å². The highest BCUT2D eigenvalue weighted by Crippen LogP contribution is 2.35. The van der Waals surface area contributed by atoms with Crippen LogP contribution in [-0.2, 0) is 0 Å². The van der Waals surface area contributed by atoms with Gasteiger partial charge in [-0.1, -0.05) is 31.9 Å². The van der Waals surface area contributed by atoms with Crippen molar-refractivity contribution in [3.05, 3.63) is 59.4 Å². The van der Waals surface area contributed by atoms with Crippen molar-refractivity contribution in [2.45, 2.75) is 45.1 Å². The fourth-order valence-corrected chi connectivity index (χ4v) is 3.39. The second-order valence-corrected chi connectivity index (χ2v) is 6.94. The van der Waals surface area contributed by atoms with Crippen LogP contribution in [0.2, 0.25) is 0 Å². The highest BCUT2D eigenvalue weighted by Gasteiger charge is 2.20. The van der Waals surface area contributed by atoms with Gasteiger partial charge in [-0.3, -0.25) is 0 Å². The van der Waals surface area contributed by atoms with Crippen LogP contribution >= 0.6 is 0 Å². The predicted molar refractivity (Wildman–Crippen MR) is 94.8 cm³/mol. The van der Waals surface area contributed by atoms with E-state index in [2.05, 4.69) is 11.7 Å². The van der Waals surface area contributed by atoms with Crippen molar-refractivity contribution < 1.29 is 27.4 Å². The zero-order chi connectivity index (χ0) is 19.4. The number of benzene rings is 2. The number of ether oxygens (including phenoxy) is 2. The Kier molecular flexibility index (Phi) is 6.04. The van der Waals surface area contributed by atoms with Crippen LogP contribution in [-0.4, -0.2) is 12.6 Å². The SMILES string of the molecule is CC1CCC(c2ccc(C(=O)Oc3ccc(OC(F)F)c(F)c3)cc2)CC1. The van der Waals surface area contributed by atoms with Crippen LogP contribution in [0.25, 0.3) is 0 Å². The molecule has 0 radical (unpaired) electrons. The molecule has 1 fully saturated rings. The van der Waals surface area contributed by atoms with Gasteiger partial charge in [-0.15, -0.1) is 0 Å². The lowest BCUT2D eigenvalue weighted by atomic mass is 9.79. The summed E-state index contributed by atoms with van der Waals surface area (Å²) in [6, 6.07) is 10.3. The van der Waals surface area contributed by atoms with Gasteiger partial charge in [0.15, 0.2) is 11.6 Å². The van der Waals surface area contributed by atoms with Crippen molar-refractivity contribution in [1.29, 1.82) is 0 Å². The number of alkyl halides is 2. The van der Waals surface area contributed by atoms with Crippen LogP contribution in [0.15, 0.2) is 42.5 Å². The summed E-state index contributed by atoms with van der Waals surface area (Å²) in [7, 11) is 0. The number of halogens is 3. The summed E-state index contributed by atoms with van der Waals surface area (Å²) in [5, 5.41) is 0. The van der Waals surface area contributed by atoms with Gasteiger partial charge in [0, 0.05) is 6.07 Å². The Morgan fingerprint density at radius 2 is 1.70 bits per heavy atom. The van der Waals surface area contributed by atoms with Crippen molar-refractivity contribution in [3.63, 3.8) is 0 Å². The second-order valence-electron chi connectivity index (χ2n) is 6.94. The molecule has 0 amide bonds. The monoisotopic (exact) mass is 378 g/mol. The fourth-order valence-electron chi connectivity index (χ4n) is 3.39. The second kappa shape index (κ2) is 8.46. The normalized spacial score (nSPS) is 19.7. The topological polar surface area (TPSA) is 35.5 Å². The van der Waals surface area contributed by atoms with Gasteiger partial charge in [-0.2, -0.15) is 8.78 Å². The third-order valence-electron chi connectivity index (χ3n) is 4.96. The van der Waals surface area contributed by atoms with E-state index in [1.54, 1.807) is 12.1 Å². The highest BCUT2D eigenvalue weighted by atomic mass is 19.3. The number of esters is 1. The molecule has 0 spiro atoms. The molecule has 0 unspecified atom stereocenters. The Balaban J connectivity index is 1.63. The largest absolute Gasteiger partial charge is 0.432 e. The number of carbonyl (C=O) groups excluding carboxylic acids is 1. The molecular formula is C21H21F3O3. The minimum atomic E-state index is -3.13. The van der Waals surface area contributed by atoms with Crippen LogP contribution in [0.4, 0.5) is 13.2 Å². The first-order valence-corrected chi connectivity index (χ1v) is 8.99. The summed E-state index contributed by atoms with van der Waals surface area (Å²) < 4.78 is 47.1. The van der Waals surface area contributed by atoms with Crippen molar-refractivity contribution in [2.24, 2.45) is 5.92 Å². The van der Waals surface area contributed by atoms with Gasteiger partial charge in [0.2, 0.25) is 0 Å². The van der Waals surface area contributed by atoms with Gasteiger partial charge in [0.05, 0.1) is 5.56 Å². The summed E-state index contributed by atoms with van der Waals surface area (Å²) >= 11 is 0. The summed E-state index contributed by atoms with van der Waals surface area (Å²) in [6.45, 7) is -0.858. The zero-order valence-corrected chi connectivity index (χ0v) is 15.0. The Morgan fingerprint density at radius 1 is 1.04 bits per heavy atom. The lowest BCUT2D eigenvalue weighted by Crippen LogP contribution is -2.12. The molecule has 27 heavy (non-hydrogen) atoms. The van der Waals surface area contributed by atoms with Gasteiger partial charge in [0.1, 0.15) is 5.75 Å². The maximum absolute atomic E-state index is 13.7. The van der Waals surface area contributed by atoms with Crippen molar-refractivity contribution in [3.8, 4) is 11.5 Å². The number of hydrogen-bond acceptors (Lipinski definition) is 3. The first-order chi connectivity index (χ1) is 12.9. The molecule has 1 saturated carbocycles. The fraction of sp³-hybridized carbons (Fsp3) is 0.381. The molecule has 6 heteroatoms. The molecule has 2 aromatic rings. The minimum Gasteiger partial charge on any atom is -0.432 e. The van der Waals surface area contributed by atoms with E-state index in [4.69, 9.17) is 4.74 Å². The number of carbonyl (C=O) groups is 1. The average molecular weight is 378 g/mol. The summed E-state index contributed by atoms with van der Waals surface area (Å²) in [5.74, 6) is -1.06. The Hall–Kier alpha value is -2.50. The van der Waals surface area contributed by atoms with E-state index in [1.165, 1.54) is 24.5 Å². The van der Waals surface area contributed by atoms with Crippen molar-refractivity contribution >= 4 is 5.97 Å². The molecule has 0 atom stereocenters. The van der Waals surface area contributed by atoms with Gasteiger partial charge in [0.25, 0.3) is 0 Å². The van der Waals surface area contributed by atoms with E-state index in [0.29, 0.717) is 11.5 Å². The molecule has 2 aromatic carbocycles. The molecule has 3 rings (SSSR count). The van der Waals surface area contributed by atoms with Gasteiger partial charge in [-0.05, 0) is 54.5 Å². The Bertz CT molecular complexity index is 782. The van der Waals surface area contributed by atoms with Gasteiger partial charge in [-0.25, -0.2) is 9.18 Å². The third kappa shape index (κ3) is 5.02. The first kappa shape index (κ1) is 19.3. The molecule has 0 aliphatic heterocycles. The van der Waals surface area contributed by atoms with E-state index in [-0.39, 0.29) is 5.75 Å². The molecule has 144 valence electrons. The maximum atomic E-state index is 13.7. The maximum Gasteiger partial charge on any atom is 0.387 e. The lowest BCUT2D eigenvalue weighted by molar-refractivity contribution is -0.0522. The Morgan fingerprint density at radius 3 is 2.30 bits per heavy atom. The lowest BCUT2D eigenvalue weighted by Gasteiger charge is -2.26. The van der Waals surface area contributed by atoms with Crippen molar-refractivity contribution in [2.75, 3.05) is 0 Å². The smallest absolute Gasteiger partial charge is 0.387 e. The van der Waals surface area contributed by atoms with Crippen LogP contribution < -0.4 is 9.47 Å². The molecule has 0 N–H and O–H groups in total. The standard InChI is InChI=1S/C21H21F3O3/c1-13-2-4-14(5-3-13)15-6-8-16(9-7-15)20(25)26-17-10-11-19(18(22)12-17)27-21(23)24/h6-14,21H,2-5H2,1H3. The molecule has 1 aliphatic rings. The molecule has 0 aromatic heterocycles. The minimum absolute atomic E-state index is 0.0792. The molecule has 0 saturated heterocycles. The summed E-state index contributed by atoms with van der Waals surface area (Å²) in [4.78, 5) is 12.2. The van der Waals surface area contributed by atoms with E-state index in [1.807, 2.05) is 12.1 Å². The van der Waals surface area contributed by atoms with E-state index in [0.717, 1.165) is 30.9 Å². The zero-order valence-electron chi connectivity index (χ0n) is 15.0. The molecule has 1 aliphatic carbocycles. The number of hydrogen-bond donors (Lipinski definition) is 0. The quantitative estimate of drug-likeness (QED) is 0.477. The average Bonchev–Trinajstić information content (AvgIpc) is 2.64. The molecule has 0 bridgehead atoms. The third-order valence-corrected chi connectivity index (χ3v) is 4.96. The molecule has 3 nitrogen and oxygen atoms in total.